The Morgan fingerprint density at radius 3 is 2.72 bits per heavy atom. The molecule has 160 valence electrons. The van der Waals surface area contributed by atoms with Crippen LogP contribution in [0.5, 0.6) is 0 Å². The van der Waals surface area contributed by atoms with Gasteiger partial charge in [0.25, 0.3) is 5.91 Å². The fraction of sp³-hybridized carbons (Fsp3) is 0.250. The van der Waals surface area contributed by atoms with Gasteiger partial charge in [0.2, 0.25) is 0 Å². The molecule has 0 atom stereocenters. The second-order valence-electron chi connectivity index (χ2n) is 8.35. The molecule has 0 radical (unpaired) electrons. The summed E-state index contributed by atoms with van der Waals surface area (Å²) in [4.78, 5) is 23.1. The first-order valence-electron chi connectivity index (χ1n) is 10.9. The van der Waals surface area contributed by atoms with Crippen LogP contribution in [0.2, 0.25) is 0 Å². The summed E-state index contributed by atoms with van der Waals surface area (Å²) in [6.45, 7) is 1.65. The number of aromatic amines is 1. The van der Waals surface area contributed by atoms with Crippen LogP contribution in [0.3, 0.4) is 0 Å². The molecule has 6 heterocycles. The predicted octanol–water partition coefficient (Wildman–Crippen LogP) is 3.90. The normalized spacial score (nSPS) is 14.5. The van der Waals surface area contributed by atoms with Gasteiger partial charge >= 0.3 is 0 Å². The number of nitrogens with zero attached hydrogens (tertiary/aromatic N) is 6. The van der Waals surface area contributed by atoms with E-state index in [1.807, 2.05) is 54.9 Å². The fourth-order valence-electron chi connectivity index (χ4n) is 4.54. The van der Waals surface area contributed by atoms with Crippen LogP contribution in [0.15, 0.2) is 55.2 Å². The van der Waals surface area contributed by atoms with Crippen molar-refractivity contribution < 1.29 is 4.79 Å². The Morgan fingerprint density at radius 1 is 1.03 bits per heavy atom. The number of amides is 1. The minimum atomic E-state index is 0.0681. The summed E-state index contributed by atoms with van der Waals surface area (Å²) in [5.74, 6) is 0.0681. The highest BCUT2D eigenvalue weighted by molar-refractivity contribution is 6.02. The van der Waals surface area contributed by atoms with Gasteiger partial charge < -0.3 is 9.88 Å². The van der Waals surface area contributed by atoms with Gasteiger partial charge in [0.05, 0.1) is 29.2 Å². The number of rotatable bonds is 3. The summed E-state index contributed by atoms with van der Waals surface area (Å²) in [5, 5.41) is 9.67. The maximum atomic E-state index is 13.1. The van der Waals surface area contributed by atoms with E-state index in [1.54, 1.807) is 15.4 Å². The van der Waals surface area contributed by atoms with E-state index in [1.165, 1.54) is 6.42 Å². The number of hydrogen-bond acceptors (Lipinski definition) is 4. The minimum Gasteiger partial charge on any atom is -0.345 e. The Morgan fingerprint density at radius 2 is 1.91 bits per heavy atom. The third-order valence-electron chi connectivity index (χ3n) is 6.25. The average Bonchev–Trinajstić information content (AvgIpc) is 3.56. The molecule has 0 aromatic carbocycles. The highest BCUT2D eigenvalue weighted by Crippen LogP contribution is 2.31. The van der Waals surface area contributed by atoms with E-state index >= 15 is 0 Å². The van der Waals surface area contributed by atoms with Crippen LogP contribution in [0.25, 0.3) is 38.9 Å². The zero-order valence-corrected chi connectivity index (χ0v) is 17.8. The monoisotopic (exact) mass is 425 g/mol. The summed E-state index contributed by atoms with van der Waals surface area (Å²) in [7, 11) is 1.89. The van der Waals surface area contributed by atoms with E-state index in [2.05, 4.69) is 21.2 Å². The molecule has 8 nitrogen and oxygen atoms in total. The van der Waals surface area contributed by atoms with E-state index in [9.17, 15) is 4.79 Å². The van der Waals surface area contributed by atoms with E-state index in [-0.39, 0.29) is 5.91 Å². The van der Waals surface area contributed by atoms with Crippen LogP contribution >= 0.6 is 0 Å². The van der Waals surface area contributed by atoms with Gasteiger partial charge in [-0.25, -0.2) is 9.50 Å². The molecule has 6 rings (SSSR count). The molecule has 32 heavy (non-hydrogen) atoms. The number of fused-ring (bicyclic) bond motifs is 2. The Hall–Kier alpha value is -3.94. The van der Waals surface area contributed by atoms with Gasteiger partial charge in [-0.2, -0.15) is 10.2 Å². The van der Waals surface area contributed by atoms with Crippen LogP contribution in [0.4, 0.5) is 0 Å². The first kappa shape index (κ1) is 18.8. The second-order valence-corrected chi connectivity index (χ2v) is 8.35. The lowest BCUT2D eigenvalue weighted by molar-refractivity contribution is 0.0726. The number of aromatic nitrogens is 6. The topological polar surface area (TPSA) is 84.1 Å². The van der Waals surface area contributed by atoms with Crippen LogP contribution in [-0.2, 0) is 7.05 Å². The van der Waals surface area contributed by atoms with Crippen molar-refractivity contribution in [2.24, 2.45) is 7.05 Å². The summed E-state index contributed by atoms with van der Waals surface area (Å²) in [5.41, 5.74) is 6.22. The van der Waals surface area contributed by atoms with Crippen LogP contribution in [0, 0.1) is 0 Å². The summed E-state index contributed by atoms with van der Waals surface area (Å²) in [6.07, 6.45) is 12.7. The maximum absolute atomic E-state index is 13.1. The van der Waals surface area contributed by atoms with Crippen molar-refractivity contribution in [1.29, 1.82) is 0 Å². The lowest BCUT2D eigenvalue weighted by atomic mass is 10.0. The van der Waals surface area contributed by atoms with Gasteiger partial charge in [-0.3, -0.25) is 9.48 Å². The summed E-state index contributed by atoms with van der Waals surface area (Å²) in [6, 6.07) is 8.16. The molecule has 8 heteroatoms. The quantitative estimate of drug-likeness (QED) is 0.475. The molecule has 1 saturated heterocycles. The fourth-order valence-corrected chi connectivity index (χ4v) is 4.54. The van der Waals surface area contributed by atoms with Crippen LogP contribution in [-0.4, -0.2) is 53.3 Å². The van der Waals surface area contributed by atoms with Gasteiger partial charge in [-0.1, -0.05) is 0 Å². The van der Waals surface area contributed by atoms with Crippen molar-refractivity contribution in [2.45, 2.75) is 19.3 Å². The van der Waals surface area contributed by atoms with Crippen molar-refractivity contribution in [3.63, 3.8) is 0 Å². The predicted molar refractivity (Wildman–Crippen MR) is 122 cm³/mol. The van der Waals surface area contributed by atoms with Crippen molar-refractivity contribution >= 4 is 22.5 Å². The first-order chi connectivity index (χ1) is 15.7. The minimum absolute atomic E-state index is 0.0681. The van der Waals surface area contributed by atoms with Gasteiger partial charge in [0.1, 0.15) is 5.65 Å². The highest BCUT2D eigenvalue weighted by Gasteiger charge is 2.22. The number of piperidine rings is 1. The number of pyridine rings is 2. The Bertz CT molecular complexity index is 1450. The third-order valence-corrected chi connectivity index (χ3v) is 6.25. The number of carbonyl (C=O) groups excluding carboxylic acids is 1. The molecule has 5 aromatic rings. The molecule has 5 aromatic heterocycles. The highest BCUT2D eigenvalue weighted by atomic mass is 16.2. The van der Waals surface area contributed by atoms with Gasteiger partial charge in [-0.05, 0) is 49.1 Å². The molecule has 1 N–H and O–H groups in total. The van der Waals surface area contributed by atoms with Gasteiger partial charge in [0.15, 0.2) is 0 Å². The van der Waals surface area contributed by atoms with Crippen LogP contribution < -0.4 is 0 Å². The van der Waals surface area contributed by atoms with E-state index in [0.29, 0.717) is 5.56 Å². The third kappa shape index (κ3) is 3.07. The number of nitrogens with one attached hydrogen (secondary N) is 1. The Balaban J connectivity index is 1.39. The standard InChI is InChI=1S/C24H23N7O/c1-29-15-17(12-26-29)21-6-5-18-19(13-25-23(18)28-21)16-7-10-31-22(11-16)20(14-27-31)24(32)30-8-3-2-4-9-30/h5-7,10-15H,2-4,8-9H2,1H3,(H,25,28). The Labute approximate surface area is 184 Å². The van der Waals surface area contributed by atoms with Crippen molar-refractivity contribution in [3.8, 4) is 22.4 Å². The number of hydrogen-bond donors (Lipinski definition) is 1. The molecule has 1 aliphatic rings. The smallest absolute Gasteiger partial charge is 0.257 e. The molecule has 1 amide bonds. The van der Waals surface area contributed by atoms with E-state index < -0.39 is 0 Å². The number of aryl methyl sites for hydroxylation is 1. The van der Waals surface area contributed by atoms with Gasteiger partial charge in [0, 0.05) is 55.2 Å². The molecular formula is C24H23N7O. The number of H-pyrrole nitrogens is 1. The largest absolute Gasteiger partial charge is 0.345 e. The van der Waals surface area contributed by atoms with E-state index in [4.69, 9.17) is 4.98 Å². The van der Waals surface area contributed by atoms with Crippen molar-refractivity contribution in [3.05, 3.63) is 60.8 Å². The number of likely N-dealkylation sites (tertiary alicyclic amines) is 1. The molecule has 1 aliphatic heterocycles. The summed E-state index contributed by atoms with van der Waals surface area (Å²) >= 11 is 0. The molecule has 0 unspecified atom stereocenters. The second kappa shape index (κ2) is 7.33. The van der Waals surface area contributed by atoms with Crippen molar-refractivity contribution in [2.75, 3.05) is 13.1 Å². The number of carbonyl (C=O) groups is 1. The van der Waals surface area contributed by atoms with Crippen LogP contribution in [0.1, 0.15) is 29.6 Å². The molecular weight excluding hydrogens is 402 g/mol. The maximum Gasteiger partial charge on any atom is 0.257 e. The van der Waals surface area contributed by atoms with Gasteiger partial charge in [-0.15, -0.1) is 0 Å². The first-order valence-corrected chi connectivity index (χ1v) is 10.9. The zero-order valence-electron chi connectivity index (χ0n) is 17.8. The lowest BCUT2D eigenvalue weighted by Crippen LogP contribution is -2.35. The van der Waals surface area contributed by atoms with E-state index in [0.717, 1.165) is 64.9 Å². The molecule has 0 aliphatic carbocycles. The molecule has 0 spiro atoms. The van der Waals surface area contributed by atoms with Crippen molar-refractivity contribution in [1.82, 2.24) is 34.3 Å². The molecule has 0 saturated carbocycles. The SMILES string of the molecule is Cn1cc(-c2ccc3c(-c4ccn5ncc(C(=O)N6CCCCC6)c5c4)c[nH]c3n2)cn1. The summed E-state index contributed by atoms with van der Waals surface area (Å²) < 4.78 is 3.54. The molecule has 1 fully saturated rings. The zero-order chi connectivity index (χ0) is 21.7. The Kier molecular flexibility index (Phi) is 4.31. The lowest BCUT2D eigenvalue weighted by Gasteiger charge is -2.26. The average molecular weight is 425 g/mol. The molecule has 0 bridgehead atoms.